The highest BCUT2D eigenvalue weighted by Crippen LogP contribution is 2.46. The lowest BCUT2D eigenvalue weighted by Crippen LogP contribution is -2.45. The molecule has 292 valence electrons. The van der Waals surface area contributed by atoms with Crippen molar-refractivity contribution >= 4 is 20.3 Å². The molecule has 1 fully saturated rings. The molecule has 0 saturated carbocycles. The van der Waals surface area contributed by atoms with Crippen LogP contribution in [0.4, 0.5) is 4.79 Å². The van der Waals surface area contributed by atoms with Crippen molar-refractivity contribution in [1.29, 1.82) is 0 Å². The number of ether oxygens (including phenoxy) is 4. The molecule has 1 saturated heterocycles. The summed E-state index contributed by atoms with van der Waals surface area (Å²) in [6.07, 6.45) is -1.88. The molecule has 56 heavy (non-hydrogen) atoms. The zero-order chi connectivity index (χ0) is 39.9. The van der Waals surface area contributed by atoms with Gasteiger partial charge in [0.1, 0.15) is 42.8 Å². The molecule has 0 unspecified atom stereocenters. The van der Waals surface area contributed by atoms with E-state index < -0.39 is 38.4 Å². The van der Waals surface area contributed by atoms with E-state index in [1.54, 1.807) is 43.5 Å². The first kappa shape index (κ1) is 40.1. The van der Waals surface area contributed by atoms with Gasteiger partial charge in [0.15, 0.2) is 0 Å². The average molecular weight is 774 g/mol. The van der Waals surface area contributed by atoms with Gasteiger partial charge in [0.25, 0.3) is 0 Å². The van der Waals surface area contributed by atoms with Gasteiger partial charge in [0.2, 0.25) is 14.2 Å². The van der Waals surface area contributed by atoms with Crippen molar-refractivity contribution in [2.24, 2.45) is 0 Å². The molecule has 1 aliphatic heterocycles. The summed E-state index contributed by atoms with van der Waals surface area (Å²) in [7, 11) is -0.966. The van der Waals surface area contributed by atoms with Crippen LogP contribution in [0, 0.1) is 0 Å². The van der Waals surface area contributed by atoms with E-state index in [2.05, 4.69) is 33.9 Å². The summed E-state index contributed by atoms with van der Waals surface area (Å²) in [5.74, 6) is -0.178. The largest absolute Gasteiger partial charge is 0.543 e. The minimum Gasteiger partial charge on any atom is -0.543 e. The second-order valence-electron chi connectivity index (χ2n) is 15.6. The fourth-order valence-corrected chi connectivity index (χ4v) is 7.43. The first-order valence-corrected chi connectivity index (χ1v) is 21.8. The molecule has 0 bridgehead atoms. The van der Waals surface area contributed by atoms with Crippen LogP contribution < -0.4 is 18.6 Å². The summed E-state index contributed by atoms with van der Waals surface area (Å²) in [4.78, 5) is 29.8. The second-order valence-corrected chi connectivity index (χ2v) is 20.3. The van der Waals surface area contributed by atoms with Gasteiger partial charge >= 0.3 is 6.09 Å². The number of benzene rings is 5. The zero-order valence-electron chi connectivity index (χ0n) is 32.9. The van der Waals surface area contributed by atoms with Crippen molar-refractivity contribution in [2.75, 3.05) is 13.7 Å². The lowest BCUT2D eigenvalue weighted by atomic mass is 9.86. The zero-order valence-corrected chi connectivity index (χ0v) is 33.9. The van der Waals surface area contributed by atoms with Gasteiger partial charge in [-0.05, 0) is 59.4 Å². The molecule has 6 rings (SSSR count). The maximum absolute atomic E-state index is 15.2. The summed E-state index contributed by atoms with van der Waals surface area (Å²) in [5, 5.41) is 12.6. The summed E-state index contributed by atoms with van der Waals surface area (Å²) < 4.78 is 30.7. The van der Waals surface area contributed by atoms with E-state index in [0.717, 1.165) is 21.6 Å². The van der Waals surface area contributed by atoms with Gasteiger partial charge in [0.05, 0.1) is 25.2 Å². The normalized spacial score (nSPS) is 15.4. The van der Waals surface area contributed by atoms with E-state index in [9.17, 15) is 9.90 Å². The number of nitrogens with zero attached hydrogens (tertiary/aromatic N) is 1. The molecular weight excluding hydrogens is 723 g/mol. The number of methoxy groups -OCH3 is 1. The number of hydrogen-bond donors (Lipinski definition) is 1. The fourth-order valence-electron chi connectivity index (χ4n) is 6.40. The number of carbonyl (C=O) groups is 2. The summed E-state index contributed by atoms with van der Waals surface area (Å²) in [5.41, 5.74) is 3.60. The Labute approximate surface area is 330 Å². The monoisotopic (exact) mass is 773 g/mol. The van der Waals surface area contributed by atoms with Crippen molar-refractivity contribution in [3.63, 3.8) is 0 Å². The number of amides is 2. The molecule has 1 aliphatic rings. The first-order chi connectivity index (χ1) is 26.8. The Morgan fingerprint density at radius 1 is 0.768 bits per heavy atom. The van der Waals surface area contributed by atoms with Crippen LogP contribution in [0.25, 0.3) is 0 Å². The molecule has 2 amide bonds. The molecule has 10 heteroatoms. The Morgan fingerprint density at radius 3 is 1.89 bits per heavy atom. The van der Waals surface area contributed by atoms with Crippen molar-refractivity contribution in [3.05, 3.63) is 155 Å². The molecule has 1 heterocycles. The van der Waals surface area contributed by atoms with E-state index >= 15 is 4.79 Å². The Bertz CT molecular complexity index is 2090. The van der Waals surface area contributed by atoms with E-state index in [4.69, 9.17) is 23.4 Å². The lowest BCUT2D eigenvalue weighted by molar-refractivity contribution is -0.133. The summed E-state index contributed by atoms with van der Waals surface area (Å²) in [6, 6.07) is 38.9. The van der Waals surface area contributed by atoms with E-state index in [0.29, 0.717) is 47.2 Å². The van der Waals surface area contributed by atoms with Crippen molar-refractivity contribution in [2.45, 2.75) is 76.6 Å². The standard InChI is InChI=1S/C46H51NO8Si/c1-46(2,3)56(5,6)55-41-28-37(52-29-33-18-12-8-13-19-33)23-25-39(41)43(48)42(44(49)47-35(31-54-45(47)50)26-32-16-10-7-11-17-32)38-24-22-36(51-4)27-40(38)53-30-34-20-14-9-15-21-34/h7-25,27-28,35,42-43,48H,26,29-31H2,1-6H3/t35-,42-,43+/m1/s1. The van der Waals surface area contributed by atoms with Crippen LogP contribution >= 0.6 is 0 Å². The summed E-state index contributed by atoms with van der Waals surface area (Å²) >= 11 is 0. The third kappa shape index (κ3) is 9.43. The van der Waals surface area contributed by atoms with E-state index in [1.165, 1.54) is 0 Å². The molecule has 0 aromatic heterocycles. The number of hydrogen-bond acceptors (Lipinski definition) is 8. The van der Waals surface area contributed by atoms with Gasteiger partial charge in [-0.1, -0.05) is 118 Å². The minimum absolute atomic E-state index is 0.0233. The molecule has 5 aromatic carbocycles. The molecule has 0 aliphatic carbocycles. The molecule has 0 spiro atoms. The molecule has 3 atom stereocenters. The third-order valence-electron chi connectivity index (χ3n) is 10.6. The van der Waals surface area contributed by atoms with Crippen molar-refractivity contribution in [3.8, 4) is 23.0 Å². The Hall–Kier alpha value is -5.58. The Morgan fingerprint density at radius 2 is 1.30 bits per heavy atom. The van der Waals surface area contributed by atoms with Crippen molar-refractivity contribution in [1.82, 2.24) is 4.90 Å². The minimum atomic E-state index is -2.52. The molecule has 0 radical (unpaired) electrons. The lowest BCUT2D eigenvalue weighted by Gasteiger charge is -2.38. The number of rotatable bonds is 15. The number of imide groups is 1. The van der Waals surface area contributed by atoms with Crippen LogP contribution in [0.1, 0.15) is 60.6 Å². The number of cyclic esters (lactones) is 1. The van der Waals surface area contributed by atoms with E-state index in [-0.39, 0.29) is 18.3 Å². The van der Waals surface area contributed by atoms with Crippen LogP contribution in [0.15, 0.2) is 127 Å². The number of aliphatic hydroxyl groups excluding tert-OH is 1. The van der Waals surface area contributed by atoms with E-state index in [1.807, 2.05) is 91.0 Å². The molecular formula is C46H51NO8Si. The average Bonchev–Trinajstić information content (AvgIpc) is 3.56. The third-order valence-corrected chi connectivity index (χ3v) is 15.0. The van der Waals surface area contributed by atoms with Crippen LogP contribution in [0.2, 0.25) is 18.1 Å². The van der Waals surface area contributed by atoms with Gasteiger partial charge in [-0.25, -0.2) is 9.69 Å². The van der Waals surface area contributed by atoms with Crippen LogP contribution in [-0.2, 0) is 29.2 Å². The van der Waals surface area contributed by atoms with Crippen LogP contribution in [0.3, 0.4) is 0 Å². The van der Waals surface area contributed by atoms with Gasteiger partial charge in [0, 0.05) is 23.3 Å². The van der Waals surface area contributed by atoms with Crippen LogP contribution in [0.5, 0.6) is 23.0 Å². The Balaban J connectivity index is 1.46. The highest BCUT2D eigenvalue weighted by Gasteiger charge is 2.46. The van der Waals surface area contributed by atoms with Crippen molar-refractivity contribution < 1.29 is 38.1 Å². The second kappa shape index (κ2) is 17.5. The highest BCUT2D eigenvalue weighted by atomic mass is 28.4. The molecule has 9 nitrogen and oxygen atoms in total. The predicted molar refractivity (Wildman–Crippen MR) is 219 cm³/mol. The van der Waals surface area contributed by atoms with Gasteiger partial charge in [-0.3, -0.25) is 4.79 Å². The summed E-state index contributed by atoms with van der Waals surface area (Å²) in [6.45, 7) is 11.2. The quantitative estimate of drug-likeness (QED) is 0.105. The topological polar surface area (TPSA) is 104 Å². The maximum atomic E-state index is 15.2. The smallest absolute Gasteiger partial charge is 0.417 e. The SMILES string of the molecule is COc1ccc([C@@H](C(=O)N2C(=O)OC[C@H]2Cc2ccccc2)[C@@H](O)c2ccc(OCc3ccccc3)cc2O[Si](C)(C)C(C)(C)C)c(OCc2ccccc2)c1. The molecule has 1 N–H and O–H groups in total. The van der Waals surface area contributed by atoms with Crippen LogP contribution in [-0.4, -0.2) is 50.1 Å². The Kier molecular flexibility index (Phi) is 12.5. The van der Waals surface area contributed by atoms with Gasteiger partial charge in [-0.15, -0.1) is 0 Å². The fraction of sp³-hybridized carbons (Fsp3) is 0.304. The number of carbonyl (C=O) groups excluding carboxylic acids is 2. The molecule has 5 aromatic rings. The predicted octanol–water partition coefficient (Wildman–Crippen LogP) is 9.64. The van der Waals surface area contributed by atoms with Gasteiger partial charge < -0.3 is 28.5 Å². The van der Waals surface area contributed by atoms with Gasteiger partial charge in [-0.2, -0.15) is 0 Å². The first-order valence-electron chi connectivity index (χ1n) is 18.9. The highest BCUT2D eigenvalue weighted by molar-refractivity contribution is 6.74. The number of aliphatic hydroxyl groups is 1. The maximum Gasteiger partial charge on any atom is 0.417 e.